The van der Waals surface area contributed by atoms with Gasteiger partial charge in [-0.2, -0.15) is 13.2 Å². The topological polar surface area (TPSA) is 139 Å². The van der Waals surface area contributed by atoms with Gasteiger partial charge in [-0.05, 0) is 54.7 Å². The van der Waals surface area contributed by atoms with Gasteiger partial charge in [0.05, 0.1) is 29.1 Å². The maximum atomic E-state index is 15.0. The molecule has 0 radical (unpaired) electrons. The molecule has 0 aliphatic heterocycles. The Hall–Kier alpha value is -4.79. The Morgan fingerprint density at radius 1 is 0.933 bits per heavy atom. The lowest BCUT2D eigenvalue weighted by molar-refractivity contribution is -0.121. The molecule has 9 nitrogen and oxygen atoms in total. The first-order valence-corrected chi connectivity index (χ1v) is 14.7. The Labute approximate surface area is 252 Å². The highest BCUT2D eigenvalue weighted by atomic mass is 32.2. The van der Waals surface area contributed by atoms with Gasteiger partial charge < -0.3 is 20.5 Å². The molecule has 0 aromatic heterocycles. The van der Waals surface area contributed by atoms with Crippen LogP contribution in [-0.4, -0.2) is 50.0 Å². The van der Waals surface area contributed by atoms with Crippen molar-refractivity contribution in [2.45, 2.75) is 22.9 Å². The molecule has 3 aromatic carbocycles. The highest BCUT2D eigenvalue weighted by molar-refractivity contribution is 7.92. The monoisotopic (exact) mass is 650 g/mol. The zero-order chi connectivity index (χ0) is 32.8. The molecule has 45 heavy (non-hydrogen) atoms. The van der Waals surface area contributed by atoms with E-state index in [1.165, 1.54) is 13.2 Å². The molecule has 15 heteroatoms. The number of amides is 2. The normalized spacial score (nSPS) is 20.6. The number of fused-ring (bicyclic) bond motifs is 2. The molecule has 3 N–H and O–H groups in total. The van der Waals surface area contributed by atoms with E-state index in [-0.39, 0.29) is 45.5 Å². The van der Waals surface area contributed by atoms with Crippen LogP contribution < -0.4 is 15.4 Å². The summed E-state index contributed by atoms with van der Waals surface area (Å²) < 4.78 is 97.8. The van der Waals surface area contributed by atoms with Crippen LogP contribution in [0, 0.1) is 29.4 Å². The van der Waals surface area contributed by atoms with Crippen molar-refractivity contribution in [2.24, 2.45) is 17.8 Å². The number of sulfone groups is 1. The molecule has 236 valence electrons. The lowest BCUT2D eigenvalue weighted by Gasteiger charge is -2.28. The van der Waals surface area contributed by atoms with Crippen LogP contribution in [0.5, 0.6) is 5.75 Å². The third-order valence-corrected chi connectivity index (χ3v) is 9.30. The minimum absolute atomic E-state index is 0.206. The number of halogens is 5. The van der Waals surface area contributed by atoms with Gasteiger partial charge >= 0.3 is 11.5 Å². The number of allylic oxidation sites excluding steroid dienone is 1. The average molecular weight is 651 g/mol. The summed E-state index contributed by atoms with van der Waals surface area (Å²) in [6, 6.07) is 7.60. The second-order valence-corrected chi connectivity index (χ2v) is 12.4. The molecule has 0 heterocycles. The van der Waals surface area contributed by atoms with Crippen molar-refractivity contribution < 1.29 is 54.6 Å². The Balaban J connectivity index is 1.41. The second-order valence-electron chi connectivity index (χ2n) is 10.5. The van der Waals surface area contributed by atoms with Crippen LogP contribution >= 0.6 is 0 Å². The largest absolute Gasteiger partial charge is 0.501 e. The summed E-state index contributed by atoms with van der Waals surface area (Å²) >= 11 is 0. The zero-order valence-corrected chi connectivity index (χ0v) is 23.9. The number of benzene rings is 3. The summed E-state index contributed by atoms with van der Waals surface area (Å²) in [5.41, 5.74) is -7.01. The van der Waals surface area contributed by atoms with Crippen LogP contribution in [0.25, 0.3) is 11.1 Å². The van der Waals surface area contributed by atoms with E-state index in [2.05, 4.69) is 10.6 Å². The molecule has 4 atom stereocenters. The molecule has 5 rings (SSSR count). The number of hydrogen-bond acceptors (Lipinski definition) is 6. The van der Waals surface area contributed by atoms with Crippen LogP contribution in [0.3, 0.4) is 0 Å². The number of alkyl halides is 3. The summed E-state index contributed by atoms with van der Waals surface area (Å²) in [5, 5.41) is 14.3. The smallest absolute Gasteiger partial charge is 0.496 e. The maximum absolute atomic E-state index is 15.0. The van der Waals surface area contributed by atoms with Gasteiger partial charge in [0.15, 0.2) is 0 Å². The van der Waals surface area contributed by atoms with Crippen molar-refractivity contribution in [1.82, 2.24) is 5.32 Å². The summed E-state index contributed by atoms with van der Waals surface area (Å²) in [6.07, 6.45) is 4.02. The number of carboxylic acid groups (broad SMARTS) is 1. The third kappa shape index (κ3) is 5.87. The van der Waals surface area contributed by atoms with Crippen molar-refractivity contribution >= 4 is 33.3 Å². The summed E-state index contributed by atoms with van der Waals surface area (Å²) in [4.78, 5) is 37.0. The van der Waals surface area contributed by atoms with Crippen LogP contribution in [0.2, 0.25) is 0 Å². The van der Waals surface area contributed by atoms with E-state index in [4.69, 9.17) is 9.84 Å². The fourth-order valence-electron chi connectivity index (χ4n) is 5.68. The molecule has 0 unspecified atom stereocenters. The number of carboxylic acids is 1. The van der Waals surface area contributed by atoms with Crippen LogP contribution in [0.4, 0.5) is 27.6 Å². The minimum Gasteiger partial charge on any atom is -0.496 e. The first kappa shape index (κ1) is 31.6. The SMILES string of the molecule is COc1cc(F)c(-c2ccc(C(=O)O)cc2F)cc1C(=O)N[C@@H]1[C@H](C(=O)Nc2cccc(S(=O)(=O)C(F)(F)F)c2)[C@H]2C=C[C@@H]1C2. The highest BCUT2D eigenvalue weighted by Gasteiger charge is 2.49. The molecule has 0 saturated heterocycles. The van der Waals surface area contributed by atoms with Gasteiger partial charge in [-0.3, -0.25) is 9.59 Å². The number of hydrogen-bond donors (Lipinski definition) is 3. The van der Waals surface area contributed by atoms with E-state index in [1.54, 1.807) is 12.2 Å². The molecule has 3 aromatic rings. The fraction of sp³-hybridized carbons (Fsp3) is 0.233. The number of aromatic carboxylic acids is 1. The Kier molecular flexibility index (Phi) is 8.16. The summed E-state index contributed by atoms with van der Waals surface area (Å²) in [6.45, 7) is 0. The molecule has 2 aliphatic rings. The van der Waals surface area contributed by atoms with E-state index in [1.807, 2.05) is 0 Å². The number of anilines is 1. The molecule has 2 bridgehead atoms. The average Bonchev–Trinajstić information content (AvgIpc) is 3.58. The van der Waals surface area contributed by atoms with E-state index in [9.17, 15) is 40.4 Å². The molecule has 1 saturated carbocycles. The molecule has 1 fully saturated rings. The predicted octanol–water partition coefficient (Wildman–Crippen LogP) is 5.19. The second kappa shape index (κ2) is 11.6. The number of carbonyl (C=O) groups is 3. The standard InChI is InChI=1S/C30H23F5N2O7S/c1-44-24-13-23(32)20(19-8-7-16(29(40)41)10-22(19)31)12-21(24)27(38)37-26-15-6-5-14(9-15)25(26)28(39)36-17-3-2-4-18(11-17)45(42,43)30(33,34)35/h2-8,10-15,25-26H,9H2,1H3,(H,36,39)(H,37,38)(H,40,41)/t14-,15+,25+,26-/m0/s1. The Morgan fingerprint density at radius 3 is 2.27 bits per heavy atom. The Morgan fingerprint density at radius 2 is 1.62 bits per heavy atom. The van der Waals surface area contributed by atoms with E-state index >= 15 is 4.39 Å². The first-order valence-electron chi connectivity index (χ1n) is 13.2. The summed E-state index contributed by atoms with van der Waals surface area (Å²) in [7, 11) is -4.49. The van der Waals surface area contributed by atoms with Gasteiger partial charge in [0, 0.05) is 28.9 Å². The van der Waals surface area contributed by atoms with Crippen molar-refractivity contribution in [2.75, 3.05) is 12.4 Å². The number of rotatable bonds is 8. The highest BCUT2D eigenvalue weighted by Crippen LogP contribution is 2.45. The molecule has 2 amide bonds. The lowest BCUT2D eigenvalue weighted by Crippen LogP contribution is -2.47. The van der Waals surface area contributed by atoms with Gasteiger partial charge in [-0.1, -0.05) is 24.3 Å². The molecular formula is C30H23F5N2O7S. The van der Waals surface area contributed by atoms with E-state index in [0.29, 0.717) is 18.6 Å². The minimum atomic E-state index is -5.67. The third-order valence-electron chi connectivity index (χ3n) is 7.82. The summed E-state index contributed by atoms with van der Waals surface area (Å²) in [5.74, 6) is -6.71. The van der Waals surface area contributed by atoms with Crippen molar-refractivity contribution in [1.29, 1.82) is 0 Å². The van der Waals surface area contributed by atoms with Crippen molar-refractivity contribution in [3.05, 3.63) is 89.5 Å². The van der Waals surface area contributed by atoms with E-state index < -0.39 is 61.6 Å². The number of nitrogens with one attached hydrogen (secondary N) is 2. The molecular weight excluding hydrogens is 627 g/mol. The van der Waals surface area contributed by atoms with Gasteiger partial charge in [0.2, 0.25) is 5.91 Å². The van der Waals surface area contributed by atoms with Crippen molar-refractivity contribution in [3.8, 4) is 16.9 Å². The molecule has 2 aliphatic carbocycles. The zero-order valence-electron chi connectivity index (χ0n) is 23.1. The lowest BCUT2D eigenvalue weighted by atomic mass is 9.87. The first-order chi connectivity index (χ1) is 21.1. The van der Waals surface area contributed by atoms with Gasteiger partial charge in [0.25, 0.3) is 15.7 Å². The number of carbonyl (C=O) groups excluding carboxylic acids is 2. The van der Waals surface area contributed by atoms with Crippen molar-refractivity contribution in [3.63, 3.8) is 0 Å². The molecule has 0 spiro atoms. The number of ether oxygens (including phenoxy) is 1. The van der Waals surface area contributed by atoms with Crippen LogP contribution in [-0.2, 0) is 14.6 Å². The number of methoxy groups -OCH3 is 1. The van der Waals surface area contributed by atoms with Gasteiger partial charge in [-0.15, -0.1) is 0 Å². The Bertz CT molecular complexity index is 1860. The van der Waals surface area contributed by atoms with Gasteiger partial charge in [-0.25, -0.2) is 22.0 Å². The van der Waals surface area contributed by atoms with Crippen LogP contribution in [0.15, 0.2) is 71.6 Å². The van der Waals surface area contributed by atoms with E-state index in [0.717, 1.165) is 36.4 Å². The van der Waals surface area contributed by atoms with Gasteiger partial charge in [0.1, 0.15) is 17.4 Å². The fourth-order valence-corrected chi connectivity index (χ4v) is 6.49. The quantitative estimate of drug-likeness (QED) is 0.225. The van der Waals surface area contributed by atoms with Crippen LogP contribution in [0.1, 0.15) is 27.1 Å². The predicted molar refractivity (Wildman–Crippen MR) is 149 cm³/mol. The maximum Gasteiger partial charge on any atom is 0.501 e.